The van der Waals surface area contributed by atoms with Crippen LogP contribution in [0, 0.1) is 5.82 Å². The summed E-state index contributed by atoms with van der Waals surface area (Å²) in [6.45, 7) is 0.421. The molecule has 2 aromatic carbocycles. The molecule has 0 aliphatic carbocycles. The first kappa shape index (κ1) is 18.4. The Morgan fingerprint density at radius 2 is 1.81 bits per heavy atom. The first-order chi connectivity index (χ1) is 13.0. The molecule has 1 heterocycles. The van der Waals surface area contributed by atoms with Crippen LogP contribution in [0.5, 0.6) is 5.75 Å². The Morgan fingerprint density at radius 1 is 1.07 bits per heavy atom. The number of halogens is 1. The highest BCUT2D eigenvalue weighted by molar-refractivity contribution is 5.93. The second kappa shape index (κ2) is 8.31. The van der Waals surface area contributed by atoms with E-state index in [-0.39, 0.29) is 30.1 Å². The third-order valence-corrected chi connectivity index (χ3v) is 4.10. The lowest BCUT2D eigenvalue weighted by atomic mass is 10.2. The lowest BCUT2D eigenvalue weighted by Gasteiger charge is -2.09. The number of nitrogens with zero attached hydrogens (tertiary/aromatic N) is 1. The maximum Gasteiger partial charge on any atom is 0.263 e. The van der Waals surface area contributed by atoms with Gasteiger partial charge in [0.15, 0.2) is 0 Å². The van der Waals surface area contributed by atoms with Crippen LogP contribution in [0.25, 0.3) is 0 Å². The van der Waals surface area contributed by atoms with Gasteiger partial charge in [-0.2, -0.15) is 0 Å². The average molecular weight is 366 g/mol. The van der Waals surface area contributed by atoms with E-state index in [2.05, 4.69) is 5.32 Å². The fourth-order valence-corrected chi connectivity index (χ4v) is 2.53. The fraction of sp³-hybridized carbons (Fsp3) is 0.143. The molecule has 0 spiro atoms. The Bertz CT molecular complexity index is 997. The SMILES string of the molecule is Cn1cccc(C(=O)NCc2ccc(OCc3ccccc3F)cc2)c1=O. The van der Waals surface area contributed by atoms with Gasteiger partial charge in [0, 0.05) is 25.4 Å². The van der Waals surface area contributed by atoms with Crippen molar-refractivity contribution in [3.05, 3.63) is 99.7 Å². The van der Waals surface area contributed by atoms with Crippen molar-refractivity contribution in [1.29, 1.82) is 0 Å². The van der Waals surface area contributed by atoms with Gasteiger partial charge >= 0.3 is 0 Å². The monoisotopic (exact) mass is 366 g/mol. The van der Waals surface area contributed by atoms with E-state index in [9.17, 15) is 14.0 Å². The van der Waals surface area contributed by atoms with Crippen LogP contribution in [0.3, 0.4) is 0 Å². The quantitative estimate of drug-likeness (QED) is 0.729. The molecule has 3 aromatic rings. The fourth-order valence-electron chi connectivity index (χ4n) is 2.53. The third kappa shape index (κ3) is 4.61. The zero-order valence-corrected chi connectivity index (χ0v) is 14.8. The molecule has 6 heteroatoms. The summed E-state index contributed by atoms with van der Waals surface area (Å²) >= 11 is 0. The molecule has 0 aliphatic rings. The lowest BCUT2D eigenvalue weighted by molar-refractivity contribution is 0.0949. The molecule has 3 rings (SSSR count). The largest absolute Gasteiger partial charge is 0.489 e. The Hall–Kier alpha value is -3.41. The van der Waals surface area contributed by atoms with E-state index in [1.165, 1.54) is 16.7 Å². The van der Waals surface area contributed by atoms with Crippen LogP contribution in [0.15, 0.2) is 71.7 Å². The second-order valence-electron chi connectivity index (χ2n) is 6.04. The molecule has 0 atom stereocenters. The molecule has 0 bridgehead atoms. The summed E-state index contributed by atoms with van der Waals surface area (Å²) in [5.41, 5.74) is 1.10. The van der Waals surface area contributed by atoms with Crippen molar-refractivity contribution in [1.82, 2.24) is 9.88 Å². The van der Waals surface area contributed by atoms with Gasteiger partial charge in [-0.1, -0.05) is 30.3 Å². The molecule has 0 saturated carbocycles. The van der Waals surface area contributed by atoms with Crippen LogP contribution < -0.4 is 15.6 Å². The van der Waals surface area contributed by atoms with Crippen molar-refractivity contribution in [2.45, 2.75) is 13.2 Å². The molecule has 27 heavy (non-hydrogen) atoms. The van der Waals surface area contributed by atoms with Crippen molar-refractivity contribution < 1.29 is 13.9 Å². The van der Waals surface area contributed by atoms with Gasteiger partial charge in [-0.05, 0) is 35.9 Å². The van der Waals surface area contributed by atoms with Gasteiger partial charge < -0.3 is 14.6 Å². The Labute approximate surface area is 156 Å². The molecule has 0 radical (unpaired) electrons. The minimum Gasteiger partial charge on any atom is -0.489 e. The number of carbonyl (C=O) groups excluding carboxylic acids is 1. The first-order valence-electron chi connectivity index (χ1n) is 8.43. The summed E-state index contributed by atoms with van der Waals surface area (Å²) in [5, 5.41) is 2.73. The summed E-state index contributed by atoms with van der Waals surface area (Å²) in [5.74, 6) is -0.120. The van der Waals surface area contributed by atoms with Crippen molar-refractivity contribution in [2.24, 2.45) is 7.05 Å². The summed E-state index contributed by atoms with van der Waals surface area (Å²) in [6, 6.07) is 16.7. The van der Waals surface area contributed by atoms with Crippen molar-refractivity contribution >= 4 is 5.91 Å². The molecular weight excluding hydrogens is 347 g/mol. The normalized spacial score (nSPS) is 10.4. The number of ether oxygens (including phenoxy) is 1. The smallest absolute Gasteiger partial charge is 0.263 e. The van der Waals surface area contributed by atoms with Crippen molar-refractivity contribution in [2.75, 3.05) is 0 Å². The highest BCUT2D eigenvalue weighted by atomic mass is 19.1. The number of pyridine rings is 1. The number of aromatic nitrogens is 1. The zero-order valence-electron chi connectivity index (χ0n) is 14.8. The van der Waals surface area contributed by atoms with Crippen molar-refractivity contribution in [3.8, 4) is 5.75 Å². The van der Waals surface area contributed by atoms with Gasteiger partial charge in [-0.15, -0.1) is 0 Å². The Morgan fingerprint density at radius 3 is 2.56 bits per heavy atom. The summed E-state index contributed by atoms with van der Waals surface area (Å²) in [4.78, 5) is 24.1. The van der Waals surface area contributed by atoms with Gasteiger partial charge in [0.2, 0.25) is 0 Å². The van der Waals surface area contributed by atoms with Crippen LogP contribution in [0.4, 0.5) is 4.39 Å². The van der Waals surface area contributed by atoms with Gasteiger partial charge in [-0.25, -0.2) is 4.39 Å². The van der Waals surface area contributed by atoms with E-state index in [1.807, 2.05) is 0 Å². The standard InChI is InChI=1S/C21H19FN2O3/c1-24-12-4-6-18(21(24)26)20(25)23-13-15-8-10-17(11-9-15)27-14-16-5-2-3-7-19(16)22/h2-12H,13-14H2,1H3,(H,23,25). The number of amides is 1. The summed E-state index contributed by atoms with van der Waals surface area (Å²) in [6.07, 6.45) is 1.60. The van der Waals surface area contributed by atoms with Crippen LogP contribution in [0.1, 0.15) is 21.5 Å². The molecule has 1 aromatic heterocycles. The molecule has 0 saturated heterocycles. The van der Waals surface area contributed by atoms with E-state index in [0.29, 0.717) is 11.3 Å². The Kier molecular flexibility index (Phi) is 5.66. The molecule has 138 valence electrons. The van der Waals surface area contributed by atoms with Crippen molar-refractivity contribution in [3.63, 3.8) is 0 Å². The van der Waals surface area contributed by atoms with Crippen LogP contribution in [0.2, 0.25) is 0 Å². The number of carbonyl (C=O) groups is 1. The number of nitrogens with one attached hydrogen (secondary N) is 1. The second-order valence-corrected chi connectivity index (χ2v) is 6.04. The van der Waals surface area contributed by atoms with Crippen LogP contribution >= 0.6 is 0 Å². The molecule has 5 nitrogen and oxygen atoms in total. The molecule has 0 aliphatic heterocycles. The summed E-state index contributed by atoms with van der Waals surface area (Å²) < 4.78 is 20.5. The Balaban J connectivity index is 1.56. The zero-order chi connectivity index (χ0) is 19.2. The predicted octanol–water partition coefficient (Wildman–Crippen LogP) is 3.03. The number of hydrogen-bond donors (Lipinski definition) is 1. The minimum absolute atomic E-state index is 0.102. The number of rotatable bonds is 6. The van der Waals surface area contributed by atoms with Gasteiger partial charge in [-0.3, -0.25) is 9.59 Å². The number of hydrogen-bond acceptors (Lipinski definition) is 3. The lowest BCUT2D eigenvalue weighted by Crippen LogP contribution is -2.31. The predicted molar refractivity (Wildman–Crippen MR) is 100 cm³/mol. The van der Waals surface area contributed by atoms with Crippen LogP contribution in [-0.2, 0) is 20.2 Å². The molecule has 0 unspecified atom stereocenters. The molecule has 1 amide bonds. The van der Waals surface area contributed by atoms with Crippen LogP contribution in [-0.4, -0.2) is 10.5 Å². The maximum atomic E-state index is 13.6. The average Bonchev–Trinajstić information content (AvgIpc) is 2.68. The summed E-state index contributed by atoms with van der Waals surface area (Å²) in [7, 11) is 1.60. The highest BCUT2D eigenvalue weighted by Crippen LogP contribution is 2.15. The number of aryl methyl sites for hydroxylation is 1. The minimum atomic E-state index is -0.420. The van der Waals surface area contributed by atoms with E-state index in [0.717, 1.165) is 5.56 Å². The van der Waals surface area contributed by atoms with E-state index in [1.54, 1.807) is 61.8 Å². The topological polar surface area (TPSA) is 60.3 Å². The van der Waals surface area contributed by atoms with Gasteiger partial charge in [0.1, 0.15) is 23.7 Å². The number of benzene rings is 2. The maximum absolute atomic E-state index is 13.6. The van der Waals surface area contributed by atoms with Gasteiger partial charge in [0.25, 0.3) is 11.5 Å². The highest BCUT2D eigenvalue weighted by Gasteiger charge is 2.10. The van der Waals surface area contributed by atoms with Gasteiger partial charge in [0.05, 0.1) is 0 Å². The van der Waals surface area contributed by atoms with E-state index < -0.39 is 5.91 Å². The van der Waals surface area contributed by atoms with E-state index in [4.69, 9.17) is 4.74 Å². The molecule has 1 N–H and O–H groups in total. The molecular formula is C21H19FN2O3. The third-order valence-electron chi connectivity index (χ3n) is 4.10. The first-order valence-corrected chi connectivity index (χ1v) is 8.43. The van der Waals surface area contributed by atoms with E-state index >= 15 is 0 Å². The molecule has 0 fully saturated rings.